The molecule has 3 N–H and O–H groups in total. The fourth-order valence-corrected chi connectivity index (χ4v) is 2.91. The maximum atomic E-state index is 8.80. The van der Waals surface area contributed by atoms with E-state index < -0.39 is 0 Å². The van der Waals surface area contributed by atoms with E-state index in [1.165, 1.54) is 0 Å². The number of nitrogens with two attached hydrogens (primary N) is 1. The molecule has 2 aliphatic rings. The maximum Gasteiger partial charge on any atom is 0.189 e. The van der Waals surface area contributed by atoms with Crippen LogP contribution >= 0.6 is 0 Å². The third-order valence-electron chi connectivity index (χ3n) is 3.75. The molecule has 0 saturated carbocycles. The molecule has 0 amide bonds. The lowest BCUT2D eigenvalue weighted by atomic mass is 10.1. The van der Waals surface area contributed by atoms with Crippen molar-refractivity contribution in [2.45, 2.75) is 31.6 Å². The first-order chi connectivity index (χ1) is 9.26. The lowest BCUT2D eigenvalue weighted by Crippen LogP contribution is -2.42. The van der Waals surface area contributed by atoms with Crippen LogP contribution in [-0.4, -0.2) is 46.2 Å². The van der Waals surface area contributed by atoms with E-state index in [0.717, 1.165) is 38.0 Å². The number of rotatable bonds is 3. The molecule has 6 nitrogen and oxygen atoms in total. The number of hydrogen-bond donors (Lipinski definition) is 2. The van der Waals surface area contributed by atoms with Gasteiger partial charge in [-0.3, -0.25) is 9.88 Å². The zero-order valence-corrected chi connectivity index (χ0v) is 10.7. The van der Waals surface area contributed by atoms with Crippen molar-refractivity contribution in [2.24, 2.45) is 10.9 Å². The molecule has 3 heterocycles. The van der Waals surface area contributed by atoms with Crippen molar-refractivity contribution in [3.8, 4) is 0 Å². The summed E-state index contributed by atoms with van der Waals surface area (Å²) in [5, 5.41) is 11.8. The lowest BCUT2D eigenvalue weighted by Gasteiger charge is -2.32. The Morgan fingerprint density at radius 1 is 1.47 bits per heavy atom. The SMILES string of the molecule is NC(=NO)c1ncccc1CN1CC2CCC(C1)O2. The minimum absolute atomic E-state index is 0.0619. The molecule has 0 radical (unpaired) electrons. The monoisotopic (exact) mass is 262 g/mol. The molecule has 2 atom stereocenters. The number of morpholine rings is 1. The van der Waals surface area contributed by atoms with Crippen molar-refractivity contribution in [1.29, 1.82) is 0 Å². The summed E-state index contributed by atoms with van der Waals surface area (Å²) in [6, 6.07) is 3.84. The van der Waals surface area contributed by atoms with E-state index in [0.29, 0.717) is 17.9 Å². The third-order valence-corrected chi connectivity index (χ3v) is 3.75. The average molecular weight is 262 g/mol. The van der Waals surface area contributed by atoms with Crippen molar-refractivity contribution in [3.05, 3.63) is 29.6 Å². The van der Waals surface area contributed by atoms with Gasteiger partial charge in [0.25, 0.3) is 0 Å². The average Bonchev–Trinajstić information content (AvgIpc) is 2.78. The van der Waals surface area contributed by atoms with Gasteiger partial charge < -0.3 is 15.7 Å². The zero-order chi connectivity index (χ0) is 13.2. The first kappa shape index (κ1) is 12.4. The number of hydrogen-bond acceptors (Lipinski definition) is 5. The number of likely N-dealkylation sites (tertiary alicyclic amines) is 1. The van der Waals surface area contributed by atoms with Gasteiger partial charge in [-0.2, -0.15) is 0 Å². The van der Waals surface area contributed by atoms with Gasteiger partial charge in [-0.1, -0.05) is 11.2 Å². The van der Waals surface area contributed by atoms with Gasteiger partial charge in [0.1, 0.15) is 5.69 Å². The summed E-state index contributed by atoms with van der Waals surface area (Å²) in [4.78, 5) is 6.55. The number of aromatic nitrogens is 1. The summed E-state index contributed by atoms with van der Waals surface area (Å²) in [5.74, 6) is 0.0619. The van der Waals surface area contributed by atoms with Gasteiger partial charge in [-0.05, 0) is 24.5 Å². The van der Waals surface area contributed by atoms with Crippen LogP contribution in [0.15, 0.2) is 23.5 Å². The van der Waals surface area contributed by atoms with Gasteiger partial charge in [-0.25, -0.2) is 0 Å². The first-order valence-corrected chi connectivity index (χ1v) is 6.56. The van der Waals surface area contributed by atoms with Crippen molar-refractivity contribution >= 4 is 5.84 Å². The highest BCUT2D eigenvalue weighted by Gasteiger charge is 2.33. The van der Waals surface area contributed by atoms with Gasteiger partial charge in [0.15, 0.2) is 5.84 Å². The van der Waals surface area contributed by atoms with E-state index in [9.17, 15) is 0 Å². The fraction of sp³-hybridized carbons (Fsp3) is 0.538. The van der Waals surface area contributed by atoms with Crippen molar-refractivity contribution in [1.82, 2.24) is 9.88 Å². The van der Waals surface area contributed by atoms with E-state index in [1.807, 2.05) is 12.1 Å². The Bertz CT molecular complexity index is 479. The molecule has 2 fully saturated rings. The molecular formula is C13H18N4O2. The minimum atomic E-state index is 0.0619. The Morgan fingerprint density at radius 2 is 2.21 bits per heavy atom. The molecule has 1 aromatic heterocycles. The number of fused-ring (bicyclic) bond motifs is 2. The molecular weight excluding hydrogens is 244 g/mol. The summed E-state index contributed by atoms with van der Waals surface area (Å²) < 4.78 is 5.82. The zero-order valence-electron chi connectivity index (χ0n) is 10.7. The number of ether oxygens (including phenoxy) is 1. The second kappa shape index (κ2) is 5.14. The fourth-order valence-electron chi connectivity index (χ4n) is 2.91. The molecule has 6 heteroatoms. The predicted octanol–water partition coefficient (Wildman–Crippen LogP) is 0.539. The second-order valence-electron chi connectivity index (χ2n) is 5.15. The van der Waals surface area contributed by atoms with Crippen LogP contribution in [0.5, 0.6) is 0 Å². The standard InChI is InChI=1S/C13H18N4O2/c14-13(16-18)12-9(2-1-5-15-12)6-17-7-10-3-4-11(8-17)19-10/h1-2,5,10-11,18H,3-4,6-8H2,(H2,14,16). The summed E-state index contributed by atoms with van der Waals surface area (Å²) in [7, 11) is 0. The largest absolute Gasteiger partial charge is 0.409 e. The molecule has 2 unspecified atom stereocenters. The van der Waals surface area contributed by atoms with Crippen LogP contribution in [0, 0.1) is 0 Å². The van der Waals surface area contributed by atoms with E-state index in [4.69, 9.17) is 15.7 Å². The van der Waals surface area contributed by atoms with Gasteiger partial charge in [-0.15, -0.1) is 0 Å². The smallest absolute Gasteiger partial charge is 0.189 e. The Kier molecular flexibility index (Phi) is 3.35. The molecule has 1 aromatic rings. The van der Waals surface area contributed by atoms with E-state index in [2.05, 4.69) is 15.0 Å². The topological polar surface area (TPSA) is 84.0 Å². The predicted molar refractivity (Wildman–Crippen MR) is 69.9 cm³/mol. The van der Waals surface area contributed by atoms with Crippen LogP contribution in [0.3, 0.4) is 0 Å². The van der Waals surface area contributed by atoms with Crippen LogP contribution in [-0.2, 0) is 11.3 Å². The molecule has 3 rings (SSSR count). The lowest BCUT2D eigenvalue weighted by molar-refractivity contribution is -0.0410. The summed E-state index contributed by atoms with van der Waals surface area (Å²) in [6.45, 7) is 2.65. The van der Waals surface area contributed by atoms with Crippen LogP contribution < -0.4 is 5.73 Å². The molecule has 2 bridgehead atoms. The van der Waals surface area contributed by atoms with Gasteiger partial charge in [0.05, 0.1) is 12.2 Å². The van der Waals surface area contributed by atoms with Gasteiger partial charge >= 0.3 is 0 Å². The number of nitrogens with zero attached hydrogens (tertiary/aromatic N) is 3. The highest BCUT2D eigenvalue weighted by molar-refractivity contribution is 5.96. The summed E-state index contributed by atoms with van der Waals surface area (Å²) >= 11 is 0. The number of oxime groups is 1. The quantitative estimate of drug-likeness (QED) is 0.359. The van der Waals surface area contributed by atoms with Crippen LogP contribution in [0.2, 0.25) is 0 Å². The van der Waals surface area contributed by atoms with Crippen molar-refractivity contribution in [2.75, 3.05) is 13.1 Å². The molecule has 2 aliphatic heterocycles. The van der Waals surface area contributed by atoms with E-state index >= 15 is 0 Å². The Morgan fingerprint density at radius 3 is 2.89 bits per heavy atom. The highest BCUT2D eigenvalue weighted by Crippen LogP contribution is 2.27. The number of amidine groups is 1. The second-order valence-corrected chi connectivity index (χ2v) is 5.15. The van der Waals surface area contributed by atoms with Gasteiger partial charge in [0.2, 0.25) is 0 Å². The minimum Gasteiger partial charge on any atom is -0.409 e. The highest BCUT2D eigenvalue weighted by atomic mass is 16.5. The van der Waals surface area contributed by atoms with Crippen molar-refractivity contribution < 1.29 is 9.94 Å². The normalized spacial score (nSPS) is 27.7. The molecule has 2 saturated heterocycles. The Hall–Kier alpha value is -1.66. The molecule has 0 aliphatic carbocycles. The van der Waals surface area contributed by atoms with Crippen molar-refractivity contribution in [3.63, 3.8) is 0 Å². The van der Waals surface area contributed by atoms with Crippen LogP contribution in [0.1, 0.15) is 24.1 Å². The van der Waals surface area contributed by atoms with Gasteiger partial charge in [0, 0.05) is 25.8 Å². The molecule has 0 aromatic carbocycles. The summed E-state index contributed by atoms with van der Waals surface area (Å²) in [6.07, 6.45) is 4.69. The van der Waals surface area contributed by atoms with E-state index in [-0.39, 0.29) is 5.84 Å². The maximum absolute atomic E-state index is 8.80. The molecule has 102 valence electrons. The van der Waals surface area contributed by atoms with E-state index in [1.54, 1.807) is 6.20 Å². The summed E-state index contributed by atoms with van der Waals surface area (Å²) in [5.41, 5.74) is 7.21. The Labute approximate surface area is 111 Å². The number of pyridine rings is 1. The molecule has 0 spiro atoms. The first-order valence-electron chi connectivity index (χ1n) is 6.56. The van der Waals surface area contributed by atoms with Crippen LogP contribution in [0.25, 0.3) is 0 Å². The Balaban J connectivity index is 1.76. The van der Waals surface area contributed by atoms with Crippen LogP contribution in [0.4, 0.5) is 0 Å². The third kappa shape index (κ3) is 2.54. The molecule has 19 heavy (non-hydrogen) atoms.